The molecule has 0 unspecified atom stereocenters. The maximum Gasteiger partial charge on any atom is 0.296 e. The summed E-state index contributed by atoms with van der Waals surface area (Å²) in [6.07, 6.45) is 0. The largest absolute Gasteiger partial charge is 0.398 e. The highest BCUT2D eigenvalue weighted by molar-refractivity contribution is 7.94. The van der Waals surface area contributed by atoms with Gasteiger partial charge in [0.2, 0.25) is 0 Å². The van der Waals surface area contributed by atoms with Crippen molar-refractivity contribution in [2.45, 2.75) is 9.79 Å². The van der Waals surface area contributed by atoms with Gasteiger partial charge in [0.05, 0.1) is 10.6 Å². The molecule has 0 saturated heterocycles. The maximum atomic E-state index is 10.8. The van der Waals surface area contributed by atoms with Crippen LogP contribution in [-0.2, 0) is 10.1 Å². The molecule has 1 rings (SSSR count). The Morgan fingerprint density at radius 2 is 1.79 bits per heavy atom. The monoisotopic (exact) mass is 236 g/mol. The van der Waals surface area contributed by atoms with E-state index in [0.29, 0.717) is 0 Å². The predicted octanol–water partition coefficient (Wildman–Crippen LogP) is 0.663. The van der Waals surface area contributed by atoms with Crippen molar-refractivity contribution in [3.8, 4) is 0 Å². The van der Waals surface area contributed by atoms with Crippen LogP contribution in [0.5, 0.6) is 0 Å². The topological polar surface area (TPSA) is 127 Å². The maximum absolute atomic E-state index is 10.8. The fourth-order valence-electron chi connectivity index (χ4n) is 0.898. The van der Waals surface area contributed by atoms with Crippen molar-refractivity contribution in [2.24, 2.45) is 0 Å². The van der Waals surface area contributed by atoms with Crippen LogP contribution in [0.4, 0.5) is 11.4 Å². The normalized spacial score (nSPS) is 11.6. The van der Waals surface area contributed by atoms with E-state index in [0.717, 1.165) is 12.1 Å². The third-order valence-electron chi connectivity index (χ3n) is 1.52. The molecule has 0 heterocycles. The SMILES string of the molecule is Nc1cc(N)c(S(=O)(=O)O)cc1SO. The lowest BCUT2D eigenvalue weighted by Gasteiger charge is -2.06. The van der Waals surface area contributed by atoms with Crippen molar-refractivity contribution in [1.82, 2.24) is 0 Å². The van der Waals surface area contributed by atoms with Gasteiger partial charge in [-0.05, 0) is 12.1 Å². The fraction of sp³-hybridized carbons (Fsp3) is 0. The summed E-state index contributed by atoms with van der Waals surface area (Å²) in [6, 6.07) is 2.16. The van der Waals surface area contributed by atoms with Crippen LogP contribution in [0.2, 0.25) is 0 Å². The molecule has 8 heteroatoms. The molecule has 1 aromatic carbocycles. The van der Waals surface area contributed by atoms with Gasteiger partial charge in [-0.3, -0.25) is 4.55 Å². The van der Waals surface area contributed by atoms with Gasteiger partial charge in [-0.15, -0.1) is 0 Å². The summed E-state index contributed by atoms with van der Waals surface area (Å²) < 4.78 is 39.0. The van der Waals surface area contributed by atoms with Crippen molar-refractivity contribution in [2.75, 3.05) is 11.5 Å². The van der Waals surface area contributed by atoms with Gasteiger partial charge in [-0.2, -0.15) is 8.42 Å². The Hall–Kier alpha value is -0.960. The zero-order valence-electron chi connectivity index (χ0n) is 6.84. The summed E-state index contributed by atoms with van der Waals surface area (Å²) in [5.41, 5.74) is 10.7. The van der Waals surface area contributed by atoms with Crippen LogP contribution in [0.25, 0.3) is 0 Å². The molecule has 0 aromatic heterocycles. The highest BCUT2D eigenvalue weighted by Gasteiger charge is 2.16. The minimum atomic E-state index is -4.39. The third kappa shape index (κ3) is 2.10. The second kappa shape index (κ2) is 3.65. The average Bonchev–Trinajstić information content (AvgIpc) is 2.02. The van der Waals surface area contributed by atoms with E-state index >= 15 is 0 Å². The summed E-state index contributed by atoms with van der Waals surface area (Å²) >= 11 is 0.278. The Bertz CT molecular complexity index is 457. The summed E-state index contributed by atoms with van der Waals surface area (Å²) in [6.45, 7) is 0. The summed E-state index contributed by atoms with van der Waals surface area (Å²) in [7, 11) is -4.39. The third-order valence-corrected chi connectivity index (χ3v) is 2.98. The number of nitrogen functional groups attached to an aromatic ring is 2. The van der Waals surface area contributed by atoms with Crippen LogP contribution < -0.4 is 11.5 Å². The van der Waals surface area contributed by atoms with E-state index in [1.165, 1.54) is 0 Å². The van der Waals surface area contributed by atoms with Gasteiger partial charge in [0.25, 0.3) is 10.1 Å². The first-order valence-electron chi connectivity index (χ1n) is 3.34. The highest BCUT2D eigenvalue weighted by atomic mass is 32.2. The van der Waals surface area contributed by atoms with Crippen molar-refractivity contribution < 1.29 is 17.5 Å². The molecule has 6 N–H and O–H groups in total. The summed E-state index contributed by atoms with van der Waals surface area (Å²) in [5, 5.41) is 0. The summed E-state index contributed by atoms with van der Waals surface area (Å²) in [5.74, 6) is 0. The Balaban J connectivity index is 3.47. The second-order valence-electron chi connectivity index (χ2n) is 2.49. The van der Waals surface area contributed by atoms with E-state index in [1.807, 2.05) is 0 Å². The van der Waals surface area contributed by atoms with Gasteiger partial charge in [0.15, 0.2) is 0 Å². The first-order chi connectivity index (χ1) is 6.36. The molecule has 1 aromatic rings. The van der Waals surface area contributed by atoms with Gasteiger partial charge in [-0.25, -0.2) is 0 Å². The molecular formula is C6H8N2O4S2. The number of anilines is 2. The Morgan fingerprint density at radius 3 is 2.21 bits per heavy atom. The van der Waals surface area contributed by atoms with Gasteiger partial charge >= 0.3 is 0 Å². The molecule has 14 heavy (non-hydrogen) atoms. The Labute approximate surface area is 84.9 Å². The highest BCUT2D eigenvalue weighted by Crippen LogP contribution is 2.30. The molecule has 6 nitrogen and oxygen atoms in total. The molecule has 0 fully saturated rings. The molecular weight excluding hydrogens is 228 g/mol. The average molecular weight is 236 g/mol. The quantitative estimate of drug-likeness (QED) is 0.337. The van der Waals surface area contributed by atoms with Crippen molar-refractivity contribution in [3.63, 3.8) is 0 Å². The van der Waals surface area contributed by atoms with Crippen LogP contribution >= 0.6 is 12.0 Å². The number of nitrogens with two attached hydrogens (primary N) is 2. The fourth-order valence-corrected chi connectivity index (χ4v) is 1.93. The lowest BCUT2D eigenvalue weighted by atomic mass is 10.3. The molecule has 0 aliphatic rings. The van der Waals surface area contributed by atoms with E-state index in [9.17, 15) is 8.42 Å². The number of hydrogen-bond donors (Lipinski definition) is 4. The van der Waals surface area contributed by atoms with Crippen LogP contribution in [0.15, 0.2) is 21.9 Å². The lowest BCUT2D eigenvalue weighted by Crippen LogP contribution is -2.04. The van der Waals surface area contributed by atoms with Crippen molar-refractivity contribution in [3.05, 3.63) is 12.1 Å². The van der Waals surface area contributed by atoms with Crippen molar-refractivity contribution in [1.29, 1.82) is 0 Å². The number of benzene rings is 1. The summed E-state index contributed by atoms with van der Waals surface area (Å²) in [4.78, 5) is -0.352. The molecule has 0 saturated carbocycles. The van der Waals surface area contributed by atoms with E-state index in [4.69, 9.17) is 20.6 Å². The molecule has 0 aliphatic heterocycles. The lowest BCUT2D eigenvalue weighted by molar-refractivity contribution is 0.483. The zero-order chi connectivity index (χ0) is 10.9. The molecule has 78 valence electrons. The first-order valence-corrected chi connectivity index (χ1v) is 5.55. The molecule has 0 aliphatic carbocycles. The van der Waals surface area contributed by atoms with Crippen LogP contribution in [0.3, 0.4) is 0 Å². The van der Waals surface area contributed by atoms with Gasteiger partial charge in [0, 0.05) is 17.7 Å². The smallest absolute Gasteiger partial charge is 0.296 e. The van der Waals surface area contributed by atoms with E-state index in [1.54, 1.807) is 0 Å². The first kappa shape index (κ1) is 11.1. The number of hydrogen-bond acceptors (Lipinski definition) is 6. The van der Waals surface area contributed by atoms with E-state index < -0.39 is 15.0 Å². The Kier molecular flexibility index (Phi) is 2.90. The zero-order valence-corrected chi connectivity index (χ0v) is 8.47. The van der Waals surface area contributed by atoms with Crippen LogP contribution in [0, 0.1) is 0 Å². The molecule has 0 amide bonds. The predicted molar refractivity (Wildman–Crippen MR) is 53.6 cm³/mol. The molecule has 0 atom stereocenters. The van der Waals surface area contributed by atoms with Crippen LogP contribution in [-0.4, -0.2) is 17.5 Å². The van der Waals surface area contributed by atoms with Gasteiger partial charge < -0.3 is 16.0 Å². The molecule has 0 radical (unpaired) electrons. The van der Waals surface area contributed by atoms with Crippen LogP contribution in [0.1, 0.15) is 0 Å². The standard InChI is InChI=1S/C6H8N2O4S2/c7-3-1-4(8)6(14(10,11)12)2-5(3)13-9/h1-2,9H,7-8H2,(H,10,11,12). The second-order valence-corrected chi connectivity index (χ2v) is 4.51. The van der Waals surface area contributed by atoms with Crippen molar-refractivity contribution >= 4 is 33.5 Å². The van der Waals surface area contributed by atoms with E-state index in [-0.39, 0.29) is 28.3 Å². The van der Waals surface area contributed by atoms with Gasteiger partial charge in [0.1, 0.15) is 4.90 Å². The minimum absolute atomic E-state index is 0.117. The Morgan fingerprint density at radius 1 is 1.21 bits per heavy atom. The van der Waals surface area contributed by atoms with Gasteiger partial charge in [-0.1, -0.05) is 0 Å². The van der Waals surface area contributed by atoms with E-state index in [2.05, 4.69) is 0 Å². The minimum Gasteiger partial charge on any atom is -0.398 e. The molecule has 0 bridgehead atoms. The molecule has 0 spiro atoms. The number of rotatable bonds is 2.